The van der Waals surface area contributed by atoms with Crippen LogP contribution in [0.1, 0.15) is 58.3 Å². The molecule has 0 amide bonds. The van der Waals surface area contributed by atoms with Gasteiger partial charge in [-0.15, -0.1) is 0 Å². The van der Waals surface area contributed by atoms with Crippen LogP contribution >= 0.6 is 0 Å². The minimum atomic E-state index is 0.521. The van der Waals surface area contributed by atoms with E-state index in [4.69, 9.17) is 4.74 Å². The van der Waals surface area contributed by atoms with Gasteiger partial charge in [-0.3, -0.25) is 0 Å². The number of hydrogen-bond donors (Lipinski definition) is 1. The largest absolute Gasteiger partial charge is 0.381 e. The fourth-order valence-corrected chi connectivity index (χ4v) is 3.58. The molecule has 1 saturated carbocycles. The molecule has 2 fully saturated rings. The molecule has 19 heavy (non-hydrogen) atoms. The van der Waals surface area contributed by atoms with Gasteiger partial charge in [-0.2, -0.15) is 0 Å². The first-order chi connectivity index (χ1) is 9.29. The normalized spacial score (nSPS) is 33.5. The first-order valence-corrected chi connectivity index (χ1v) is 8.30. The molecule has 1 unspecified atom stereocenters. The van der Waals surface area contributed by atoms with Crippen LogP contribution in [0.5, 0.6) is 0 Å². The maximum Gasteiger partial charge on any atom is 0.0572 e. The maximum absolute atomic E-state index is 5.42. The summed E-state index contributed by atoms with van der Waals surface area (Å²) in [5.41, 5.74) is 0. The number of likely N-dealkylation sites (tertiary alicyclic amines) is 1. The number of hydrogen-bond acceptors (Lipinski definition) is 3. The van der Waals surface area contributed by atoms with E-state index in [0.29, 0.717) is 6.10 Å². The van der Waals surface area contributed by atoms with E-state index < -0.39 is 0 Å². The van der Waals surface area contributed by atoms with Crippen LogP contribution in [0.15, 0.2) is 0 Å². The fourth-order valence-electron chi connectivity index (χ4n) is 3.58. The number of nitrogens with zero attached hydrogens (tertiary/aromatic N) is 1. The van der Waals surface area contributed by atoms with Gasteiger partial charge in [0.15, 0.2) is 0 Å². The third kappa shape index (κ3) is 5.05. The lowest BCUT2D eigenvalue weighted by molar-refractivity contribution is 0.0623. The van der Waals surface area contributed by atoms with Gasteiger partial charge >= 0.3 is 0 Å². The summed E-state index contributed by atoms with van der Waals surface area (Å²) in [6.45, 7) is 6.17. The molecule has 1 heterocycles. The Balaban J connectivity index is 1.52. The molecule has 1 aliphatic carbocycles. The molecule has 0 bridgehead atoms. The molecule has 0 aromatic heterocycles. The van der Waals surface area contributed by atoms with Crippen LogP contribution in [0.25, 0.3) is 0 Å². The second-order valence-corrected chi connectivity index (χ2v) is 6.40. The van der Waals surface area contributed by atoms with Crippen molar-refractivity contribution in [3.63, 3.8) is 0 Å². The van der Waals surface area contributed by atoms with Crippen molar-refractivity contribution < 1.29 is 4.74 Å². The van der Waals surface area contributed by atoms with Crippen LogP contribution in [0.3, 0.4) is 0 Å². The van der Waals surface area contributed by atoms with Crippen molar-refractivity contribution in [3.8, 4) is 0 Å². The molecule has 0 spiro atoms. The Morgan fingerprint density at radius 2 is 1.89 bits per heavy atom. The SMILES string of the molecule is COC1CCC(NCCCN2CCCCC2C)CC1. The van der Waals surface area contributed by atoms with Gasteiger partial charge in [0.05, 0.1) is 6.10 Å². The van der Waals surface area contributed by atoms with E-state index in [2.05, 4.69) is 17.1 Å². The van der Waals surface area contributed by atoms with Gasteiger partial charge in [0.2, 0.25) is 0 Å². The van der Waals surface area contributed by atoms with Crippen LogP contribution in [-0.4, -0.2) is 49.8 Å². The van der Waals surface area contributed by atoms with Crippen molar-refractivity contribution in [2.75, 3.05) is 26.7 Å². The van der Waals surface area contributed by atoms with Crippen molar-refractivity contribution >= 4 is 0 Å². The van der Waals surface area contributed by atoms with Gasteiger partial charge in [-0.1, -0.05) is 6.42 Å². The Bertz CT molecular complexity index is 239. The Morgan fingerprint density at radius 3 is 2.58 bits per heavy atom. The van der Waals surface area contributed by atoms with Gasteiger partial charge in [-0.25, -0.2) is 0 Å². The van der Waals surface area contributed by atoms with E-state index in [1.807, 2.05) is 7.11 Å². The minimum Gasteiger partial charge on any atom is -0.381 e. The maximum atomic E-state index is 5.42. The molecular weight excluding hydrogens is 236 g/mol. The molecular formula is C16H32N2O. The zero-order valence-corrected chi connectivity index (χ0v) is 12.9. The molecule has 1 aliphatic heterocycles. The minimum absolute atomic E-state index is 0.521. The van der Waals surface area contributed by atoms with Gasteiger partial charge < -0.3 is 15.0 Å². The van der Waals surface area contributed by atoms with Crippen LogP contribution < -0.4 is 5.32 Å². The molecule has 3 nitrogen and oxygen atoms in total. The highest BCUT2D eigenvalue weighted by Crippen LogP contribution is 2.20. The Morgan fingerprint density at radius 1 is 1.11 bits per heavy atom. The van der Waals surface area contributed by atoms with E-state index in [1.165, 1.54) is 71.0 Å². The predicted octanol–water partition coefficient (Wildman–Crippen LogP) is 2.80. The van der Waals surface area contributed by atoms with Gasteiger partial charge in [0.1, 0.15) is 0 Å². The molecule has 2 rings (SSSR count). The molecule has 1 atom stereocenters. The number of nitrogens with one attached hydrogen (secondary N) is 1. The van der Waals surface area contributed by atoms with Crippen LogP contribution in [0.4, 0.5) is 0 Å². The third-order valence-corrected chi connectivity index (χ3v) is 5.00. The topological polar surface area (TPSA) is 24.5 Å². The molecule has 1 saturated heterocycles. The molecule has 2 aliphatic rings. The molecule has 0 aromatic carbocycles. The van der Waals surface area contributed by atoms with E-state index in [9.17, 15) is 0 Å². The molecule has 3 heteroatoms. The zero-order chi connectivity index (χ0) is 13.5. The fraction of sp³-hybridized carbons (Fsp3) is 1.00. The Kier molecular flexibility index (Phi) is 6.62. The molecule has 1 N–H and O–H groups in total. The zero-order valence-electron chi connectivity index (χ0n) is 12.9. The van der Waals surface area contributed by atoms with Crippen molar-refractivity contribution in [1.29, 1.82) is 0 Å². The molecule has 0 radical (unpaired) electrons. The van der Waals surface area contributed by atoms with Crippen LogP contribution in [-0.2, 0) is 4.74 Å². The summed E-state index contributed by atoms with van der Waals surface area (Å²) in [4.78, 5) is 2.67. The highest BCUT2D eigenvalue weighted by atomic mass is 16.5. The van der Waals surface area contributed by atoms with E-state index in [0.717, 1.165) is 12.1 Å². The highest BCUT2D eigenvalue weighted by molar-refractivity contribution is 4.78. The number of rotatable bonds is 6. The third-order valence-electron chi connectivity index (χ3n) is 5.00. The number of methoxy groups -OCH3 is 1. The predicted molar refractivity (Wildman–Crippen MR) is 80.6 cm³/mol. The summed E-state index contributed by atoms with van der Waals surface area (Å²) >= 11 is 0. The van der Waals surface area contributed by atoms with Crippen molar-refractivity contribution in [2.24, 2.45) is 0 Å². The van der Waals surface area contributed by atoms with Crippen LogP contribution in [0.2, 0.25) is 0 Å². The average molecular weight is 268 g/mol. The van der Waals surface area contributed by atoms with Gasteiger partial charge in [0, 0.05) is 19.2 Å². The lowest BCUT2D eigenvalue weighted by Gasteiger charge is -2.33. The number of piperidine rings is 1. The van der Waals surface area contributed by atoms with E-state index in [1.54, 1.807) is 0 Å². The molecule has 0 aromatic rings. The lowest BCUT2D eigenvalue weighted by Crippen LogP contribution is -2.40. The summed E-state index contributed by atoms with van der Waals surface area (Å²) in [6, 6.07) is 1.55. The number of ether oxygens (including phenoxy) is 1. The second kappa shape index (κ2) is 8.23. The second-order valence-electron chi connectivity index (χ2n) is 6.40. The Hall–Kier alpha value is -0.120. The van der Waals surface area contributed by atoms with Gasteiger partial charge in [-0.05, 0) is 71.5 Å². The lowest BCUT2D eigenvalue weighted by atomic mass is 9.93. The highest BCUT2D eigenvalue weighted by Gasteiger charge is 2.20. The summed E-state index contributed by atoms with van der Waals surface area (Å²) < 4.78 is 5.42. The van der Waals surface area contributed by atoms with E-state index >= 15 is 0 Å². The van der Waals surface area contributed by atoms with Crippen molar-refractivity contribution in [3.05, 3.63) is 0 Å². The van der Waals surface area contributed by atoms with Crippen LogP contribution in [0, 0.1) is 0 Å². The molecule has 112 valence electrons. The van der Waals surface area contributed by atoms with Crippen molar-refractivity contribution in [1.82, 2.24) is 10.2 Å². The average Bonchev–Trinajstić information content (AvgIpc) is 2.46. The van der Waals surface area contributed by atoms with E-state index in [-0.39, 0.29) is 0 Å². The summed E-state index contributed by atoms with van der Waals surface area (Å²) in [5.74, 6) is 0. The van der Waals surface area contributed by atoms with Crippen molar-refractivity contribution in [2.45, 2.75) is 76.5 Å². The summed E-state index contributed by atoms with van der Waals surface area (Å²) in [6.07, 6.45) is 11.1. The standard InChI is InChI=1S/C16H32N2O/c1-14-6-3-4-12-18(14)13-5-11-17-15-7-9-16(19-2)10-8-15/h14-17H,3-13H2,1-2H3. The summed E-state index contributed by atoms with van der Waals surface area (Å²) in [7, 11) is 1.85. The quantitative estimate of drug-likeness (QED) is 0.750. The summed E-state index contributed by atoms with van der Waals surface area (Å²) in [5, 5.41) is 3.74. The Labute approximate surface area is 119 Å². The van der Waals surface area contributed by atoms with Gasteiger partial charge in [0.25, 0.3) is 0 Å². The first-order valence-electron chi connectivity index (χ1n) is 8.30. The smallest absolute Gasteiger partial charge is 0.0572 e. The first kappa shape index (κ1) is 15.3. The monoisotopic (exact) mass is 268 g/mol.